The lowest BCUT2D eigenvalue weighted by Gasteiger charge is -2.19. The summed E-state index contributed by atoms with van der Waals surface area (Å²) in [6.07, 6.45) is 3.56. The molecule has 1 heterocycles. The Morgan fingerprint density at radius 2 is 1.65 bits per heavy atom. The van der Waals surface area contributed by atoms with Gasteiger partial charge < -0.3 is 10.0 Å². The fraction of sp³-hybridized carbons (Fsp3) is 0.318. The SMILES string of the molecule is CCc1ccc(Cc2cn(C(=O)N(CC)CC)c3cccc(O)c23)cc1. The molecule has 0 unspecified atom stereocenters. The highest BCUT2D eigenvalue weighted by Gasteiger charge is 2.19. The monoisotopic (exact) mass is 350 g/mol. The largest absolute Gasteiger partial charge is 0.507 e. The van der Waals surface area contributed by atoms with Gasteiger partial charge in [0.1, 0.15) is 5.75 Å². The van der Waals surface area contributed by atoms with Crippen molar-refractivity contribution in [3.05, 3.63) is 65.4 Å². The smallest absolute Gasteiger partial charge is 0.328 e. The molecular weight excluding hydrogens is 324 g/mol. The number of rotatable bonds is 5. The molecule has 136 valence electrons. The van der Waals surface area contributed by atoms with E-state index < -0.39 is 0 Å². The number of aryl methyl sites for hydroxylation is 1. The van der Waals surface area contributed by atoms with Gasteiger partial charge in [-0.3, -0.25) is 4.57 Å². The van der Waals surface area contributed by atoms with E-state index in [9.17, 15) is 9.90 Å². The minimum atomic E-state index is -0.0572. The predicted molar refractivity (Wildman–Crippen MR) is 106 cm³/mol. The number of aromatic hydroxyl groups is 1. The molecule has 0 atom stereocenters. The van der Waals surface area contributed by atoms with Gasteiger partial charge in [-0.1, -0.05) is 37.3 Å². The molecule has 1 amide bonds. The molecule has 0 spiro atoms. The van der Waals surface area contributed by atoms with Crippen LogP contribution in [0, 0.1) is 0 Å². The van der Waals surface area contributed by atoms with Crippen LogP contribution in [0.25, 0.3) is 10.9 Å². The zero-order chi connectivity index (χ0) is 18.7. The Balaban J connectivity index is 2.06. The van der Waals surface area contributed by atoms with Crippen molar-refractivity contribution < 1.29 is 9.90 Å². The number of phenols is 1. The highest BCUT2D eigenvalue weighted by atomic mass is 16.3. The normalized spacial score (nSPS) is 11.0. The fourth-order valence-electron chi connectivity index (χ4n) is 3.40. The van der Waals surface area contributed by atoms with Crippen molar-refractivity contribution in [1.82, 2.24) is 9.47 Å². The van der Waals surface area contributed by atoms with E-state index in [-0.39, 0.29) is 11.8 Å². The summed E-state index contributed by atoms with van der Waals surface area (Å²) in [7, 11) is 0. The Hall–Kier alpha value is -2.75. The van der Waals surface area contributed by atoms with Crippen molar-refractivity contribution in [3.63, 3.8) is 0 Å². The average Bonchev–Trinajstić information content (AvgIpc) is 3.03. The molecule has 0 saturated carbocycles. The topological polar surface area (TPSA) is 45.5 Å². The molecule has 0 fully saturated rings. The first-order valence-corrected chi connectivity index (χ1v) is 9.28. The highest BCUT2D eigenvalue weighted by molar-refractivity contribution is 5.97. The molecule has 4 heteroatoms. The van der Waals surface area contributed by atoms with Crippen LogP contribution in [0.1, 0.15) is 37.5 Å². The molecule has 0 aliphatic heterocycles. The Labute approximate surface area is 154 Å². The van der Waals surface area contributed by atoms with Gasteiger partial charge in [-0.25, -0.2) is 4.79 Å². The van der Waals surface area contributed by atoms with Gasteiger partial charge in [0.2, 0.25) is 0 Å². The van der Waals surface area contributed by atoms with Gasteiger partial charge in [0.15, 0.2) is 0 Å². The fourth-order valence-corrected chi connectivity index (χ4v) is 3.40. The second kappa shape index (κ2) is 7.65. The molecular formula is C22H26N2O2. The number of fused-ring (bicyclic) bond motifs is 1. The standard InChI is InChI=1S/C22H26N2O2/c1-4-16-10-12-17(13-11-16)14-18-15-24(22(26)23(5-2)6-3)19-8-7-9-20(25)21(18)19/h7-13,15,25H,4-6,14H2,1-3H3. The van der Waals surface area contributed by atoms with Crippen LogP contribution in [0.2, 0.25) is 0 Å². The number of aromatic nitrogens is 1. The van der Waals surface area contributed by atoms with Gasteiger partial charge in [0, 0.05) is 24.7 Å². The van der Waals surface area contributed by atoms with Crippen LogP contribution in [-0.2, 0) is 12.8 Å². The third-order valence-electron chi connectivity index (χ3n) is 4.95. The highest BCUT2D eigenvalue weighted by Crippen LogP contribution is 2.31. The minimum Gasteiger partial charge on any atom is -0.507 e. The summed E-state index contributed by atoms with van der Waals surface area (Å²) in [5.74, 6) is 0.216. The maximum Gasteiger partial charge on any atom is 0.328 e. The van der Waals surface area contributed by atoms with Crippen LogP contribution >= 0.6 is 0 Å². The zero-order valence-electron chi connectivity index (χ0n) is 15.7. The molecule has 0 bridgehead atoms. The Morgan fingerprint density at radius 1 is 1.00 bits per heavy atom. The number of hydrogen-bond acceptors (Lipinski definition) is 2. The Morgan fingerprint density at radius 3 is 2.27 bits per heavy atom. The van der Waals surface area contributed by atoms with Gasteiger partial charge in [-0.05, 0) is 55.5 Å². The van der Waals surface area contributed by atoms with E-state index in [4.69, 9.17) is 0 Å². The molecule has 26 heavy (non-hydrogen) atoms. The number of benzene rings is 2. The molecule has 1 aromatic heterocycles. The lowest BCUT2D eigenvalue weighted by atomic mass is 10.0. The van der Waals surface area contributed by atoms with Crippen LogP contribution in [0.3, 0.4) is 0 Å². The number of amides is 1. The summed E-state index contributed by atoms with van der Waals surface area (Å²) in [4.78, 5) is 14.7. The first-order valence-electron chi connectivity index (χ1n) is 9.28. The molecule has 4 nitrogen and oxygen atoms in total. The third kappa shape index (κ3) is 3.32. The number of phenolic OH excluding ortho intramolecular Hbond substituents is 1. The second-order valence-electron chi connectivity index (χ2n) is 6.50. The van der Waals surface area contributed by atoms with Crippen LogP contribution in [0.5, 0.6) is 5.75 Å². The van der Waals surface area contributed by atoms with Crippen molar-refractivity contribution in [2.75, 3.05) is 13.1 Å². The maximum atomic E-state index is 12.9. The van der Waals surface area contributed by atoms with Crippen LogP contribution in [-0.4, -0.2) is 33.7 Å². The molecule has 0 aliphatic rings. The van der Waals surface area contributed by atoms with E-state index in [1.165, 1.54) is 11.1 Å². The van der Waals surface area contributed by atoms with E-state index >= 15 is 0 Å². The van der Waals surface area contributed by atoms with Gasteiger partial charge >= 0.3 is 6.03 Å². The molecule has 1 N–H and O–H groups in total. The van der Waals surface area contributed by atoms with Crippen LogP contribution in [0.15, 0.2) is 48.7 Å². The molecule has 0 saturated heterocycles. The molecule has 3 aromatic rings. The van der Waals surface area contributed by atoms with Gasteiger partial charge in [-0.15, -0.1) is 0 Å². The number of nitrogens with zero attached hydrogens (tertiary/aromatic N) is 2. The lowest BCUT2D eigenvalue weighted by Crippen LogP contribution is -2.33. The summed E-state index contributed by atoms with van der Waals surface area (Å²) in [5.41, 5.74) is 4.18. The van der Waals surface area contributed by atoms with Crippen molar-refractivity contribution >= 4 is 16.9 Å². The maximum absolute atomic E-state index is 12.9. The minimum absolute atomic E-state index is 0.0572. The average molecular weight is 350 g/mol. The summed E-state index contributed by atoms with van der Waals surface area (Å²) in [6, 6.07) is 13.8. The van der Waals surface area contributed by atoms with Crippen molar-refractivity contribution in [1.29, 1.82) is 0 Å². The van der Waals surface area contributed by atoms with E-state index in [0.717, 1.165) is 22.9 Å². The first kappa shape index (κ1) is 18.1. The van der Waals surface area contributed by atoms with Crippen LogP contribution < -0.4 is 0 Å². The van der Waals surface area contributed by atoms with Crippen molar-refractivity contribution in [2.24, 2.45) is 0 Å². The van der Waals surface area contributed by atoms with E-state index in [0.29, 0.717) is 19.5 Å². The number of carbonyl (C=O) groups is 1. The van der Waals surface area contributed by atoms with Gasteiger partial charge in [0.25, 0.3) is 0 Å². The first-order chi connectivity index (χ1) is 12.6. The molecule has 0 radical (unpaired) electrons. The summed E-state index contributed by atoms with van der Waals surface area (Å²) in [6.45, 7) is 7.39. The second-order valence-corrected chi connectivity index (χ2v) is 6.50. The van der Waals surface area contributed by atoms with Gasteiger partial charge in [-0.2, -0.15) is 0 Å². The van der Waals surface area contributed by atoms with E-state index in [2.05, 4.69) is 31.2 Å². The molecule has 0 aliphatic carbocycles. The predicted octanol–water partition coefficient (Wildman–Crippen LogP) is 4.81. The molecule has 3 rings (SSSR count). The van der Waals surface area contributed by atoms with Crippen molar-refractivity contribution in [2.45, 2.75) is 33.6 Å². The molecule has 2 aromatic carbocycles. The number of carbonyl (C=O) groups excluding carboxylic acids is 1. The number of hydrogen-bond donors (Lipinski definition) is 1. The summed E-state index contributed by atoms with van der Waals surface area (Å²) < 4.78 is 1.66. The quantitative estimate of drug-likeness (QED) is 0.718. The zero-order valence-corrected chi connectivity index (χ0v) is 15.7. The lowest BCUT2D eigenvalue weighted by molar-refractivity contribution is 0.206. The summed E-state index contributed by atoms with van der Waals surface area (Å²) >= 11 is 0. The van der Waals surface area contributed by atoms with Gasteiger partial charge in [0.05, 0.1) is 5.52 Å². The van der Waals surface area contributed by atoms with Crippen molar-refractivity contribution in [3.8, 4) is 5.75 Å². The van der Waals surface area contributed by atoms with Crippen LogP contribution in [0.4, 0.5) is 4.79 Å². The van der Waals surface area contributed by atoms with E-state index in [1.54, 1.807) is 21.6 Å². The summed E-state index contributed by atoms with van der Waals surface area (Å²) in [5, 5.41) is 11.2. The third-order valence-corrected chi connectivity index (χ3v) is 4.95. The Kier molecular flexibility index (Phi) is 5.31. The van der Waals surface area contributed by atoms with E-state index in [1.807, 2.05) is 26.1 Å². The Bertz CT molecular complexity index is 906.